The molecule has 1 aliphatic heterocycles. The Labute approximate surface area is 121 Å². The van der Waals surface area contributed by atoms with Crippen LogP contribution in [0.1, 0.15) is 45.6 Å². The Morgan fingerprint density at radius 2 is 2.32 bits per heavy atom. The molecular weight excluding hydrogens is 258 g/mol. The summed E-state index contributed by atoms with van der Waals surface area (Å²) >= 11 is 6.42. The molecule has 1 aromatic rings. The third-order valence-corrected chi connectivity index (χ3v) is 3.99. The van der Waals surface area contributed by atoms with E-state index < -0.39 is 0 Å². The first-order chi connectivity index (χ1) is 9.11. The summed E-state index contributed by atoms with van der Waals surface area (Å²) in [4.78, 5) is 6.95. The van der Waals surface area contributed by atoms with Gasteiger partial charge in [0.05, 0.1) is 5.02 Å². The summed E-state index contributed by atoms with van der Waals surface area (Å²) in [5.41, 5.74) is 1.15. The van der Waals surface area contributed by atoms with Crippen LogP contribution in [0.4, 0.5) is 5.82 Å². The standard InChI is InChI=1S/C15H24ClN3/c1-4-13-6-5-7-19(13)15-14(16)8-12(10-18-15)9-17-11(2)3/h8,10-11,13,17H,4-7,9H2,1-3H3. The van der Waals surface area contributed by atoms with Crippen molar-refractivity contribution in [2.45, 2.75) is 58.7 Å². The third kappa shape index (κ3) is 3.61. The highest BCUT2D eigenvalue weighted by atomic mass is 35.5. The van der Waals surface area contributed by atoms with Crippen LogP contribution in [-0.4, -0.2) is 23.6 Å². The summed E-state index contributed by atoms with van der Waals surface area (Å²) < 4.78 is 0. The molecule has 1 saturated heterocycles. The van der Waals surface area contributed by atoms with Gasteiger partial charge in [0, 0.05) is 31.4 Å². The second kappa shape index (κ2) is 6.58. The highest BCUT2D eigenvalue weighted by molar-refractivity contribution is 6.33. The van der Waals surface area contributed by atoms with Crippen LogP contribution in [0.15, 0.2) is 12.3 Å². The molecule has 106 valence electrons. The van der Waals surface area contributed by atoms with Gasteiger partial charge in [-0.05, 0) is 30.9 Å². The van der Waals surface area contributed by atoms with Crippen molar-refractivity contribution in [1.29, 1.82) is 0 Å². The minimum absolute atomic E-state index is 0.474. The Bertz CT molecular complexity index is 420. The van der Waals surface area contributed by atoms with Crippen molar-refractivity contribution >= 4 is 17.4 Å². The Hall–Kier alpha value is -0.800. The maximum absolute atomic E-state index is 6.42. The van der Waals surface area contributed by atoms with Gasteiger partial charge in [0.25, 0.3) is 0 Å². The fraction of sp³-hybridized carbons (Fsp3) is 0.667. The Kier molecular flexibility index (Phi) is 5.06. The molecule has 2 rings (SSSR count). The molecule has 0 spiro atoms. The van der Waals surface area contributed by atoms with Gasteiger partial charge in [-0.15, -0.1) is 0 Å². The molecule has 2 heterocycles. The zero-order valence-electron chi connectivity index (χ0n) is 12.1. The van der Waals surface area contributed by atoms with Gasteiger partial charge >= 0.3 is 0 Å². The molecule has 0 radical (unpaired) electrons. The van der Waals surface area contributed by atoms with Crippen molar-refractivity contribution in [3.63, 3.8) is 0 Å². The number of rotatable bonds is 5. The summed E-state index contributed by atoms with van der Waals surface area (Å²) in [7, 11) is 0. The number of hydrogen-bond donors (Lipinski definition) is 1. The fourth-order valence-electron chi connectivity index (χ4n) is 2.64. The minimum atomic E-state index is 0.474. The van der Waals surface area contributed by atoms with Gasteiger partial charge in [-0.1, -0.05) is 32.4 Å². The largest absolute Gasteiger partial charge is 0.352 e. The van der Waals surface area contributed by atoms with E-state index in [1.807, 2.05) is 12.3 Å². The molecule has 1 fully saturated rings. The van der Waals surface area contributed by atoms with Crippen LogP contribution in [0, 0.1) is 0 Å². The van der Waals surface area contributed by atoms with Gasteiger partial charge in [-0.3, -0.25) is 0 Å². The lowest BCUT2D eigenvalue weighted by molar-refractivity contribution is 0.587. The van der Waals surface area contributed by atoms with E-state index in [2.05, 4.69) is 36.0 Å². The maximum Gasteiger partial charge on any atom is 0.147 e. The van der Waals surface area contributed by atoms with Crippen molar-refractivity contribution < 1.29 is 0 Å². The molecule has 0 aromatic carbocycles. The zero-order valence-corrected chi connectivity index (χ0v) is 12.9. The lowest BCUT2D eigenvalue weighted by atomic mass is 10.1. The second-order valence-corrected chi connectivity index (χ2v) is 5.99. The molecule has 19 heavy (non-hydrogen) atoms. The van der Waals surface area contributed by atoms with Gasteiger partial charge in [0.1, 0.15) is 5.82 Å². The number of aromatic nitrogens is 1. The molecule has 1 unspecified atom stereocenters. The average Bonchev–Trinajstić information content (AvgIpc) is 2.84. The molecule has 4 heteroatoms. The number of pyridine rings is 1. The fourth-order valence-corrected chi connectivity index (χ4v) is 2.94. The SMILES string of the molecule is CCC1CCCN1c1ncc(CNC(C)C)cc1Cl. The van der Waals surface area contributed by atoms with E-state index in [1.165, 1.54) is 12.8 Å². The number of halogens is 1. The second-order valence-electron chi connectivity index (χ2n) is 5.58. The summed E-state index contributed by atoms with van der Waals surface area (Å²) in [6, 6.07) is 3.12. The molecule has 0 bridgehead atoms. The molecule has 3 nitrogen and oxygen atoms in total. The molecule has 0 saturated carbocycles. The summed E-state index contributed by atoms with van der Waals surface area (Å²) in [6.45, 7) is 8.41. The molecular formula is C15H24ClN3. The smallest absolute Gasteiger partial charge is 0.147 e. The molecule has 1 aromatic heterocycles. The van der Waals surface area contributed by atoms with Crippen molar-refractivity contribution in [3.8, 4) is 0 Å². The highest BCUT2D eigenvalue weighted by Crippen LogP contribution is 2.31. The molecule has 1 aliphatic rings. The summed E-state index contributed by atoms with van der Waals surface area (Å²) in [5, 5.41) is 4.17. The van der Waals surface area contributed by atoms with E-state index in [0.29, 0.717) is 12.1 Å². The van der Waals surface area contributed by atoms with Crippen LogP contribution in [0.5, 0.6) is 0 Å². The number of anilines is 1. The third-order valence-electron chi connectivity index (χ3n) is 3.71. The minimum Gasteiger partial charge on any atom is -0.352 e. The topological polar surface area (TPSA) is 28.2 Å². The van der Waals surface area contributed by atoms with Crippen molar-refractivity contribution in [2.24, 2.45) is 0 Å². The van der Waals surface area contributed by atoms with E-state index in [0.717, 1.165) is 35.9 Å². The number of hydrogen-bond acceptors (Lipinski definition) is 3. The van der Waals surface area contributed by atoms with E-state index in [1.54, 1.807) is 0 Å². The van der Waals surface area contributed by atoms with Crippen molar-refractivity contribution in [1.82, 2.24) is 10.3 Å². The Morgan fingerprint density at radius 3 is 2.95 bits per heavy atom. The molecule has 1 atom stereocenters. The van der Waals surface area contributed by atoms with Crippen LogP contribution >= 0.6 is 11.6 Å². The lowest BCUT2D eigenvalue weighted by Gasteiger charge is -2.25. The van der Waals surface area contributed by atoms with Gasteiger partial charge in [-0.2, -0.15) is 0 Å². The monoisotopic (exact) mass is 281 g/mol. The number of nitrogens with zero attached hydrogens (tertiary/aromatic N) is 2. The van der Waals surface area contributed by atoms with Gasteiger partial charge < -0.3 is 10.2 Å². The van der Waals surface area contributed by atoms with Crippen LogP contribution in [-0.2, 0) is 6.54 Å². The van der Waals surface area contributed by atoms with Crippen LogP contribution in [0.3, 0.4) is 0 Å². The van der Waals surface area contributed by atoms with E-state index >= 15 is 0 Å². The normalized spacial score (nSPS) is 19.4. The molecule has 0 amide bonds. The van der Waals surface area contributed by atoms with Crippen LogP contribution in [0.25, 0.3) is 0 Å². The quantitative estimate of drug-likeness (QED) is 0.894. The Morgan fingerprint density at radius 1 is 1.53 bits per heavy atom. The maximum atomic E-state index is 6.42. The van der Waals surface area contributed by atoms with Crippen molar-refractivity contribution in [3.05, 3.63) is 22.8 Å². The molecule has 1 N–H and O–H groups in total. The van der Waals surface area contributed by atoms with Crippen LogP contribution in [0.2, 0.25) is 5.02 Å². The summed E-state index contributed by atoms with van der Waals surface area (Å²) in [6.07, 6.45) is 5.61. The zero-order chi connectivity index (χ0) is 13.8. The Balaban J connectivity index is 2.10. The van der Waals surface area contributed by atoms with E-state index in [9.17, 15) is 0 Å². The van der Waals surface area contributed by atoms with E-state index in [4.69, 9.17) is 11.6 Å². The first-order valence-corrected chi connectivity index (χ1v) is 7.64. The highest BCUT2D eigenvalue weighted by Gasteiger charge is 2.25. The predicted octanol–water partition coefficient (Wildman–Crippen LogP) is 3.61. The van der Waals surface area contributed by atoms with Gasteiger partial charge in [0.15, 0.2) is 0 Å². The van der Waals surface area contributed by atoms with Crippen molar-refractivity contribution in [2.75, 3.05) is 11.4 Å². The first-order valence-electron chi connectivity index (χ1n) is 7.26. The number of nitrogens with one attached hydrogen (secondary N) is 1. The predicted molar refractivity (Wildman–Crippen MR) is 81.9 cm³/mol. The summed E-state index contributed by atoms with van der Waals surface area (Å²) in [5.74, 6) is 0.958. The van der Waals surface area contributed by atoms with E-state index in [-0.39, 0.29) is 0 Å². The van der Waals surface area contributed by atoms with Gasteiger partial charge in [0.2, 0.25) is 0 Å². The first kappa shape index (κ1) is 14.6. The average molecular weight is 282 g/mol. The lowest BCUT2D eigenvalue weighted by Crippen LogP contribution is -2.29. The van der Waals surface area contributed by atoms with Crippen LogP contribution < -0.4 is 10.2 Å². The van der Waals surface area contributed by atoms with Gasteiger partial charge in [-0.25, -0.2) is 4.98 Å². The molecule has 0 aliphatic carbocycles.